The van der Waals surface area contributed by atoms with E-state index in [4.69, 9.17) is 11.6 Å². The normalized spacial score (nSPS) is 10.5. The zero-order chi connectivity index (χ0) is 12.4. The molecule has 1 heterocycles. The molecule has 0 aliphatic rings. The summed E-state index contributed by atoms with van der Waals surface area (Å²) < 4.78 is 1.04. The number of Topliss-reactive ketones (excluding diaryl/α,β-unsaturated/α-hetero) is 1. The molecule has 1 aromatic carbocycles. The standard InChI is InChI=1S/C13H10BrClOS/c1-8-4-9(6-10(15)5-8)12(16)7-11-2-3-13(14)17-11/h2-6H,7H2,1H3. The van der Waals surface area contributed by atoms with Gasteiger partial charge in [-0.15, -0.1) is 11.3 Å². The fraction of sp³-hybridized carbons (Fsp3) is 0.154. The first-order valence-corrected chi connectivity index (χ1v) is 7.08. The molecule has 88 valence electrons. The molecule has 0 fully saturated rings. The van der Waals surface area contributed by atoms with Crippen LogP contribution in [0.3, 0.4) is 0 Å². The second-order valence-electron chi connectivity index (χ2n) is 3.82. The third-order valence-electron chi connectivity index (χ3n) is 2.33. The lowest BCUT2D eigenvalue weighted by Gasteiger charge is -2.02. The Balaban J connectivity index is 2.19. The summed E-state index contributed by atoms with van der Waals surface area (Å²) in [5.41, 5.74) is 1.69. The lowest BCUT2D eigenvalue weighted by Crippen LogP contribution is -2.02. The quantitative estimate of drug-likeness (QED) is 0.732. The van der Waals surface area contributed by atoms with Crippen molar-refractivity contribution in [2.75, 3.05) is 0 Å². The molecule has 0 atom stereocenters. The van der Waals surface area contributed by atoms with Crippen molar-refractivity contribution in [2.24, 2.45) is 0 Å². The minimum Gasteiger partial charge on any atom is -0.294 e. The first-order chi connectivity index (χ1) is 8.04. The Hall–Kier alpha value is -0.640. The van der Waals surface area contributed by atoms with Gasteiger partial charge in [-0.05, 0) is 58.7 Å². The van der Waals surface area contributed by atoms with Gasteiger partial charge >= 0.3 is 0 Å². The number of rotatable bonds is 3. The molecule has 0 saturated heterocycles. The van der Waals surface area contributed by atoms with Crippen molar-refractivity contribution in [1.29, 1.82) is 0 Å². The van der Waals surface area contributed by atoms with Gasteiger partial charge in [-0.1, -0.05) is 11.6 Å². The highest BCUT2D eigenvalue weighted by atomic mass is 79.9. The summed E-state index contributed by atoms with van der Waals surface area (Å²) in [6.07, 6.45) is 0.427. The average Bonchev–Trinajstić information content (AvgIpc) is 2.62. The number of hydrogen-bond donors (Lipinski definition) is 0. The molecular weight excluding hydrogens is 320 g/mol. The Labute approximate surface area is 118 Å². The number of ketones is 1. The van der Waals surface area contributed by atoms with Crippen molar-refractivity contribution in [3.8, 4) is 0 Å². The zero-order valence-electron chi connectivity index (χ0n) is 9.17. The van der Waals surface area contributed by atoms with Gasteiger partial charge in [0.15, 0.2) is 5.78 Å². The number of hydrogen-bond acceptors (Lipinski definition) is 2. The van der Waals surface area contributed by atoms with E-state index in [0.717, 1.165) is 14.2 Å². The van der Waals surface area contributed by atoms with Crippen LogP contribution in [0.5, 0.6) is 0 Å². The SMILES string of the molecule is Cc1cc(Cl)cc(C(=O)Cc2ccc(Br)s2)c1. The van der Waals surface area contributed by atoms with E-state index >= 15 is 0 Å². The Morgan fingerprint density at radius 3 is 2.71 bits per heavy atom. The van der Waals surface area contributed by atoms with Crippen molar-refractivity contribution in [3.05, 3.63) is 55.1 Å². The minimum absolute atomic E-state index is 0.102. The van der Waals surface area contributed by atoms with Gasteiger partial charge in [0.2, 0.25) is 0 Å². The lowest BCUT2D eigenvalue weighted by molar-refractivity contribution is 0.0993. The highest BCUT2D eigenvalue weighted by molar-refractivity contribution is 9.11. The fourth-order valence-electron chi connectivity index (χ4n) is 1.60. The van der Waals surface area contributed by atoms with Crippen LogP contribution >= 0.6 is 38.9 Å². The van der Waals surface area contributed by atoms with E-state index in [9.17, 15) is 4.79 Å². The van der Waals surface area contributed by atoms with E-state index in [1.165, 1.54) is 0 Å². The topological polar surface area (TPSA) is 17.1 Å². The van der Waals surface area contributed by atoms with Crippen molar-refractivity contribution in [3.63, 3.8) is 0 Å². The van der Waals surface area contributed by atoms with Crippen LogP contribution in [0, 0.1) is 6.92 Å². The van der Waals surface area contributed by atoms with Crippen LogP contribution in [0.2, 0.25) is 5.02 Å². The molecule has 0 unspecified atom stereocenters. The van der Waals surface area contributed by atoms with Crippen molar-refractivity contribution in [2.45, 2.75) is 13.3 Å². The summed E-state index contributed by atoms with van der Waals surface area (Å²) in [4.78, 5) is 13.1. The van der Waals surface area contributed by atoms with Crippen LogP contribution < -0.4 is 0 Å². The average molecular weight is 330 g/mol. The smallest absolute Gasteiger partial charge is 0.168 e. The van der Waals surface area contributed by atoms with Crippen LogP contribution in [0.25, 0.3) is 0 Å². The predicted octanol–water partition coefficient (Wildman–Crippen LogP) is 4.90. The molecular formula is C13H10BrClOS. The Kier molecular flexibility index (Phi) is 4.02. The molecule has 1 nitrogen and oxygen atoms in total. The highest BCUT2D eigenvalue weighted by Gasteiger charge is 2.10. The van der Waals surface area contributed by atoms with Gasteiger partial charge in [0.1, 0.15) is 0 Å². The van der Waals surface area contributed by atoms with Crippen LogP contribution in [0.4, 0.5) is 0 Å². The second-order valence-corrected chi connectivity index (χ2v) is 6.81. The number of carbonyl (C=O) groups excluding carboxylic acids is 1. The first kappa shape index (κ1) is 12.8. The predicted molar refractivity (Wildman–Crippen MR) is 76.2 cm³/mol. The van der Waals surface area contributed by atoms with Gasteiger partial charge in [-0.25, -0.2) is 0 Å². The summed E-state index contributed by atoms with van der Waals surface area (Å²) in [7, 11) is 0. The fourth-order valence-corrected chi connectivity index (χ4v) is 3.38. The third-order valence-corrected chi connectivity index (χ3v) is 4.17. The van der Waals surface area contributed by atoms with Crippen LogP contribution in [-0.4, -0.2) is 5.78 Å². The number of carbonyl (C=O) groups is 1. The maximum atomic E-state index is 12.1. The zero-order valence-corrected chi connectivity index (χ0v) is 12.3. The summed E-state index contributed by atoms with van der Waals surface area (Å²) in [5.74, 6) is 0.102. The molecule has 17 heavy (non-hydrogen) atoms. The molecule has 0 aliphatic heterocycles. The van der Waals surface area contributed by atoms with E-state index in [1.807, 2.05) is 31.2 Å². The van der Waals surface area contributed by atoms with E-state index < -0.39 is 0 Å². The second kappa shape index (κ2) is 5.34. The molecule has 2 aromatic rings. The number of aryl methyl sites for hydroxylation is 1. The molecule has 0 radical (unpaired) electrons. The Bertz CT molecular complexity index is 542. The summed E-state index contributed by atoms with van der Waals surface area (Å²) in [6, 6.07) is 9.36. The van der Waals surface area contributed by atoms with E-state index in [1.54, 1.807) is 17.4 Å². The van der Waals surface area contributed by atoms with Gasteiger partial charge in [0.05, 0.1) is 3.79 Å². The molecule has 0 bridgehead atoms. The summed E-state index contributed by atoms with van der Waals surface area (Å²) in [6.45, 7) is 1.93. The molecule has 0 saturated carbocycles. The maximum absolute atomic E-state index is 12.1. The monoisotopic (exact) mass is 328 g/mol. The minimum atomic E-state index is 0.102. The van der Waals surface area contributed by atoms with Crippen molar-refractivity contribution >= 4 is 44.7 Å². The van der Waals surface area contributed by atoms with Crippen LogP contribution in [0.15, 0.2) is 34.1 Å². The van der Waals surface area contributed by atoms with Crippen LogP contribution in [0.1, 0.15) is 20.8 Å². The molecule has 0 amide bonds. The largest absolute Gasteiger partial charge is 0.294 e. The maximum Gasteiger partial charge on any atom is 0.168 e. The molecule has 2 rings (SSSR count). The molecule has 4 heteroatoms. The van der Waals surface area contributed by atoms with Crippen molar-refractivity contribution < 1.29 is 4.79 Å². The van der Waals surface area contributed by atoms with E-state index in [0.29, 0.717) is 17.0 Å². The summed E-state index contributed by atoms with van der Waals surface area (Å²) >= 11 is 10.9. The van der Waals surface area contributed by atoms with Gasteiger partial charge in [-0.3, -0.25) is 4.79 Å². The van der Waals surface area contributed by atoms with E-state index in [-0.39, 0.29) is 5.78 Å². The Morgan fingerprint density at radius 1 is 1.35 bits per heavy atom. The number of benzene rings is 1. The van der Waals surface area contributed by atoms with Gasteiger partial charge in [0.25, 0.3) is 0 Å². The summed E-state index contributed by atoms with van der Waals surface area (Å²) in [5, 5.41) is 0.612. The van der Waals surface area contributed by atoms with Gasteiger partial charge < -0.3 is 0 Å². The highest BCUT2D eigenvalue weighted by Crippen LogP contribution is 2.24. The van der Waals surface area contributed by atoms with E-state index in [2.05, 4.69) is 15.9 Å². The number of halogens is 2. The van der Waals surface area contributed by atoms with Crippen LogP contribution in [-0.2, 0) is 6.42 Å². The first-order valence-electron chi connectivity index (χ1n) is 5.09. The molecule has 0 spiro atoms. The molecule has 0 aliphatic carbocycles. The Morgan fingerprint density at radius 2 is 2.12 bits per heavy atom. The molecule has 1 aromatic heterocycles. The molecule has 0 N–H and O–H groups in total. The third kappa shape index (κ3) is 3.41. The van der Waals surface area contributed by atoms with Crippen molar-refractivity contribution in [1.82, 2.24) is 0 Å². The van der Waals surface area contributed by atoms with Gasteiger partial charge in [0, 0.05) is 21.9 Å². The lowest BCUT2D eigenvalue weighted by atomic mass is 10.1. The van der Waals surface area contributed by atoms with Gasteiger partial charge in [-0.2, -0.15) is 0 Å². The number of thiophene rings is 1.